The zero-order valence-corrected chi connectivity index (χ0v) is 20.1. The van der Waals surface area contributed by atoms with Gasteiger partial charge in [0.2, 0.25) is 0 Å². The Labute approximate surface area is 179 Å². The number of hydrogen-bond acceptors (Lipinski definition) is 4. The first kappa shape index (κ1) is 22.2. The highest BCUT2D eigenvalue weighted by molar-refractivity contribution is 6.76. The van der Waals surface area contributed by atoms with Crippen LogP contribution in [-0.2, 0) is 11.5 Å². The first-order valence-electron chi connectivity index (χ1n) is 10.3. The molecule has 0 saturated carbocycles. The van der Waals surface area contributed by atoms with Gasteiger partial charge in [-0.25, -0.2) is 4.98 Å². The van der Waals surface area contributed by atoms with E-state index in [4.69, 9.17) is 9.47 Å². The van der Waals surface area contributed by atoms with Gasteiger partial charge in [0, 0.05) is 20.2 Å². The topological polar surface area (TPSA) is 53.4 Å². The van der Waals surface area contributed by atoms with Crippen molar-refractivity contribution in [3.8, 4) is 16.9 Å². The molecule has 2 aromatic carbocycles. The molecule has 0 unspecified atom stereocenters. The molecule has 0 bridgehead atoms. The third-order valence-electron chi connectivity index (χ3n) is 5.41. The van der Waals surface area contributed by atoms with Crippen LogP contribution in [0.1, 0.15) is 16.7 Å². The van der Waals surface area contributed by atoms with Crippen LogP contribution in [0.15, 0.2) is 35.4 Å². The number of benzene rings is 2. The molecule has 0 spiro atoms. The lowest BCUT2D eigenvalue weighted by atomic mass is 9.92. The van der Waals surface area contributed by atoms with E-state index in [2.05, 4.69) is 37.6 Å². The predicted molar refractivity (Wildman–Crippen MR) is 126 cm³/mol. The second-order valence-corrected chi connectivity index (χ2v) is 14.8. The van der Waals surface area contributed by atoms with Gasteiger partial charge in [0.15, 0.2) is 0 Å². The van der Waals surface area contributed by atoms with Gasteiger partial charge >= 0.3 is 0 Å². The van der Waals surface area contributed by atoms with E-state index in [1.54, 1.807) is 18.0 Å². The number of methoxy groups -OCH3 is 1. The van der Waals surface area contributed by atoms with Crippen LogP contribution in [0.3, 0.4) is 0 Å². The van der Waals surface area contributed by atoms with Crippen LogP contribution in [0.2, 0.25) is 25.7 Å². The smallest absolute Gasteiger partial charge is 0.263 e. The van der Waals surface area contributed by atoms with Gasteiger partial charge in [-0.1, -0.05) is 25.7 Å². The Morgan fingerprint density at radius 2 is 1.83 bits per heavy atom. The molecule has 3 rings (SSSR count). The predicted octanol–water partition coefficient (Wildman–Crippen LogP) is 5.31. The van der Waals surface area contributed by atoms with E-state index in [9.17, 15) is 4.79 Å². The van der Waals surface area contributed by atoms with Crippen LogP contribution in [0.25, 0.3) is 22.0 Å². The summed E-state index contributed by atoms with van der Waals surface area (Å²) in [7, 11) is 0.513. The summed E-state index contributed by atoms with van der Waals surface area (Å²) < 4.78 is 12.9. The number of aromatic nitrogens is 2. The van der Waals surface area contributed by atoms with Crippen molar-refractivity contribution in [2.45, 2.75) is 53.2 Å². The summed E-state index contributed by atoms with van der Waals surface area (Å²) in [6.45, 7) is 14.0. The minimum absolute atomic E-state index is 0.0730. The number of fused-ring (bicyclic) bond motifs is 1. The largest absolute Gasteiger partial charge is 0.496 e. The highest BCUT2D eigenvalue weighted by Crippen LogP contribution is 2.36. The van der Waals surface area contributed by atoms with E-state index in [1.807, 2.05) is 32.0 Å². The molecule has 0 aliphatic rings. The zero-order valence-electron chi connectivity index (χ0n) is 19.1. The number of aryl methyl sites for hydroxylation is 2. The summed E-state index contributed by atoms with van der Waals surface area (Å²) in [4.78, 5) is 17.9. The molecule has 0 saturated heterocycles. The van der Waals surface area contributed by atoms with Crippen LogP contribution in [0.5, 0.6) is 5.75 Å². The molecule has 0 radical (unpaired) electrons. The van der Waals surface area contributed by atoms with Gasteiger partial charge in [-0.15, -0.1) is 0 Å². The van der Waals surface area contributed by atoms with Gasteiger partial charge in [0.05, 0.1) is 18.0 Å². The summed E-state index contributed by atoms with van der Waals surface area (Å²) in [5.41, 5.74) is 5.86. The van der Waals surface area contributed by atoms with E-state index in [0.717, 1.165) is 39.6 Å². The molecule has 0 aliphatic carbocycles. The molecule has 6 heteroatoms. The molecule has 160 valence electrons. The lowest BCUT2D eigenvalue weighted by Crippen LogP contribution is -2.25. The van der Waals surface area contributed by atoms with Crippen molar-refractivity contribution in [2.75, 3.05) is 13.7 Å². The molecule has 1 aromatic heterocycles. The number of rotatable bonds is 7. The average Bonchev–Trinajstić information content (AvgIpc) is 2.66. The van der Waals surface area contributed by atoms with Gasteiger partial charge in [-0.3, -0.25) is 9.36 Å². The fraction of sp³-hybridized carbons (Fsp3) is 0.417. The fourth-order valence-electron chi connectivity index (χ4n) is 3.70. The SMILES string of the molecule is COc1ccc(C)c(-c2cc(C)cc3c(=O)n(COCC[Si](C)(C)C)cnc23)c1C. The Kier molecular flexibility index (Phi) is 6.48. The lowest BCUT2D eigenvalue weighted by Gasteiger charge is -2.17. The number of nitrogens with zero attached hydrogens (tertiary/aromatic N) is 2. The minimum atomic E-state index is -1.16. The second kappa shape index (κ2) is 8.74. The van der Waals surface area contributed by atoms with Crippen molar-refractivity contribution in [2.24, 2.45) is 0 Å². The zero-order chi connectivity index (χ0) is 22.1. The average molecular weight is 425 g/mol. The molecule has 30 heavy (non-hydrogen) atoms. The molecule has 0 atom stereocenters. The molecule has 0 aliphatic heterocycles. The fourth-order valence-corrected chi connectivity index (χ4v) is 4.46. The lowest BCUT2D eigenvalue weighted by molar-refractivity contribution is 0.0844. The van der Waals surface area contributed by atoms with Crippen molar-refractivity contribution < 1.29 is 9.47 Å². The summed E-state index contributed by atoms with van der Waals surface area (Å²) in [5, 5.41) is 0.614. The molecule has 1 heterocycles. The van der Waals surface area contributed by atoms with Crippen molar-refractivity contribution in [1.82, 2.24) is 9.55 Å². The summed E-state index contributed by atoms with van der Waals surface area (Å²) in [6, 6.07) is 9.10. The minimum Gasteiger partial charge on any atom is -0.496 e. The maximum Gasteiger partial charge on any atom is 0.263 e. The van der Waals surface area contributed by atoms with E-state index in [1.165, 1.54) is 0 Å². The molecular weight excluding hydrogens is 392 g/mol. The molecule has 5 nitrogen and oxygen atoms in total. The van der Waals surface area contributed by atoms with Gasteiger partial charge in [-0.2, -0.15) is 0 Å². The Balaban J connectivity index is 2.06. The van der Waals surface area contributed by atoms with Crippen molar-refractivity contribution in [3.05, 3.63) is 57.6 Å². The van der Waals surface area contributed by atoms with Gasteiger partial charge in [-0.05, 0) is 67.3 Å². The van der Waals surface area contributed by atoms with E-state index in [-0.39, 0.29) is 12.3 Å². The number of ether oxygens (including phenoxy) is 2. The molecule has 0 fully saturated rings. The van der Waals surface area contributed by atoms with E-state index >= 15 is 0 Å². The third kappa shape index (κ3) is 4.65. The van der Waals surface area contributed by atoms with Crippen LogP contribution in [-0.4, -0.2) is 31.3 Å². The highest BCUT2D eigenvalue weighted by atomic mass is 28.3. The summed E-state index contributed by atoms with van der Waals surface area (Å²) in [5.74, 6) is 0.828. The molecule has 0 N–H and O–H groups in total. The highest BCUT2D eigenvalue weighted by Gasteiger charge is 2.17. The first-order chi connectivity index (χ1) is 14.1. The standard InChI is InChI=1S/C24H32N2O3Si/c1-16-12-19(22-17(2)8-9-21(28-4)18(22)3)23-20(13-16)24(27)26(14-25-23)15-29-10-11-30(5,6)7/h8-9,12-14H,10-11,15H2,1-7H3. The van der Waals surface area contributed by atoms with Gasteiger partial charge in [0.1, 0.15) is 18.8 Å². The van der Waals surface area contributed by atoms with Crippen molar-refractivity contribution in [3.63, 3.8) is 0 Å². The Hall–Kier alpha value is -2.44. The maximum atomic E-state index is 13.2. The maximum absolute atomic E-state index is 13.2. The Morgan fingerprint density at radius 3 is 2.50 bits per heavy atom. The van der Waals surface area contributed by atoms with E-state index in [0.29, 0.717) is 17.5 Å². The molecule has 0 amide bonds. The monoisotopic (exact) mass is 424 g/mol. The van der Waals surface area contributed by atoms with Gasteiger partial charge < -0.3 is 9.47 Å². The van der Waals surface area contributed by atoms with Crippen LogP contribution in [0, 0.1) is 20.8 Å². The summed E-state index contributed by atoms with van der Waals surface area (Å²) in [6.07, 6.45) is 1.60. The second-order valence-electron chi connectivity index (χ2n) is 9.16. The first-order valence-corrected chi connectivity index (χ1v) is 14.0. The molecular formula is C24H32N2O3Si. The van der Waals surface area contributed by atoms with E-state index < -0.39 is 8.07 Å². The quantitative estimate of drug-likeness (QED) is 0.381. The Morgan fingerprint density at radius 1 is 1.10 bits per heavy atom. The van der Waals surface area contributed by atoms with Gasteiger partial charge in [0.25, 0.3) is 5.56 Å². The Bertz CT molecular complexity index is 1130. The van der Waals surface area contributed by atoms with Crippen molar-refractivity contribution >= 4 is 19.0 Å². The normalized spacial score (nSPS) is 11.8. The number of hydrogen-bond donors (Lipinski definition) is 0. The van der Waals surface area contributed by atoms with Crippen LogP contribution in [0.4, 0.5) is 0 Å². The third-order valence-corrected chi connectivity index (χ3v) is 7.12. The van der Waals surface area contributed by atoms with Crippen LogP contribution < -0.4 is 10.3 Å². The summed E-state index contributed by atoms with van der Waals surface area (Å²) >= 11 is 0. The molecule has 3 aromatic rings. The van der Waals surface area contributed by atoms with Crippen LogP contribution >= 0.6 is 0 Å². The van der Waals surface area contributed by atoms with Crippen molar-refractivity contribution in [1.29, 1.82) is 0 Å².